The molecule has 1 atom stereocenters. The smallest absolute Gasteiger partial charge is 0.239 e. The lowest BCUT2D eigenvalue weighted by Crippen LogP contribution is -2.51. The SMILES string of the molecule is CCNC(=O)CN(C)C(=O)C1(C)CCCNC1. The molecule has 98 valence electrons. The fourth-order valence-corrected chi connectivity index (χ4v) is 2.24. The Morgan fingerprint density at radius 3 is 2.71 bits per heavy atom. The molecule has 1 fully saturated rings. The van der Waals surface area contributed by atoms with Crippen molar-refractivity contribution < 1.29 is 9.59 Å². The zero-order valence-electron chi connectivity index (χ0n) is 11.0. The summed E-state index contributed by atoms with van der Waals surface area (Å²) in [4.78, 5) is 25.2. The van der Waals surface area contributed by atoms with Gasteiger partial charge in [0.15, 0.2) is 0 Å². The lowest BCUT2D eigenvalue weighted by Gasteiger charge is -2.35. The number of nitrogens with zero attached hydrogens (tertiary/aromatic N) is 1. The van der Waals surface area contributed by atoms with Crippen molar-refractivity contribution in [2.45, 2.75) is 26.7 Å². The molecule has 2 N–H and O–H groups in total. The molecule has 1 saturated heterocycles. The summed E-state index contributed by atoms with van der Waals surface area (Å²) in [6.45, 7) is 6.25. The van der Waals surface area contributed by atoms with Crippen LogP contribution in [0, 0.1) is 5.41 Å². The van der Waals surface area contributed by atoms with Crippen LogP contribution in [0.1, 0.15) is 26.7 Å². The monoisotopic (exact) mass is 241 g/mol. The maximum absolute atomic E-state index is 12.3. The van der Waals surface area contributed by atoms with Crippen molar-refractivity contribution in [1.29, 1.82) is 0 Å². The highest BCUT2D eigenvalue weighted by Crippen LogP contribution is 2.27. The van der Waals surface area contributed by atoms with Crippen LogP contribution < -0.4 is 10.6 Å². The molecule has 0 bridgehead atoms. The van der Waals surface area contributed by atoms with E-state index in [1.165, 1.54) is 4.90 Å². The van der Waals surface area contributed by atoms with E-state index in [1.807, 2.05) is 13.8 Å². The summed E-state index contributed by atoms with van der Waals surface area (Å²) < 4.78 is 0. The Balaban J connectivity index is 2.53. The van der Waals surface area contributed by atoms with Gasteiger partial charge in [-0.25, -0.2) is 0 Å². The van der Waals surface area contributed by atoms with Gasteiger partial charge in [-0.2, -0.15) is 0 Å². The minimum absolute atomic E-state index is 0.0518. The van der Waals surface area contributed by atoms with Crippen molar-refractivity contribution in [1.82, 2.24) is 15.5 Å². The van der Waals surface area contributed by atoms with Gasteiger partial charge in [-0.3, -0.25) is 9.59 Å². The van der Waals surface area contributed by atoms with Gasteiger partial charge in [0.2, 0.25) is 11.8 Å². The van der Waals surface area contributed by atoms with Gasteiger partial charge in [0.25, 0.3) is 0 Å². The van der Waals surface area contributed by atoms with Crippen LogP contribution in [0.2, 0.25) is 0 Å². The molecule has 0 aromatic heterocycles. The maximum atomic E-state index is 12.3. The van der Waals surface area contributed by atoms with Gasteiger partial charge < -0.3 is 15.5 Å². The number of carbonyl (C=O) groups is 2. The molecule has 0 spiro atoms. The zero-order chi connectivity index (χ0) is 12.9. The summed E-state index contributed by atoms with van der Waals surface area (Å²) >= 11 is 0. The average Bonchev–Trinajstić information content (AvgIpc) is 2.29. The normalized spacial score (nSPS) is 24.2. The van der Waals surface area contributed by atoms with Gasteiger partial charge in [-0.1, -0.05) is 0 Å². The number of rotatable bonds is 4. The second-order valence-electron chi connectivity index (χ2n) is 4.96. The molecule has 0 aromatic carbocycles. The van der Waals surface area contributed by atoms with Crippen molar-refractivity contribution in [3.63, 3.8) is 0 Å². The number of likely N-dealkylation sites (N-methyl/N-ethyl adjacent to an activating group) is 2. The van der Waals surface area contributed by atoms with Crippen molar-refractivity contribution in [3.05, 3.63) is 0 Å². The quantitative estimate of drug-likeness (QED) is 0.726. The Hall–Kier alpha value is -1.10. The molecule has 0 radical (unpaired) electrons. The van der Waals surface area contributed by atoms with Crippen LogP contribution in [0.4, 0.5) is 0 Å². The molecule has 2 amide bonds. The molecule has 1 heterocycles. The molecule has 17 heavy (non-hydrogen) atoms. The second kappa shape index (κ2) is 6.00. The van der Waals surface area contributed by atoms with E-state index in [4.69, 9.17) is 0 Å². The van der Waals surface area contributed by atoms with E-state index in [2.05, 4.69) is 10.6 Å². The van der Waals surface area contributed by atoms with Crippen molar-refractivity contribution in [3.8, 4) is 0 Å². The Bertz CT molecular complexity index is 285. The van der Waals surface area contributed by atoms with Crippen LogP contribution in [0.3, 0.4) is 0 Å². The van der Waals surface area contributed by atoms with Gasteiger partial charge in [-0.05, 0) is 33.2 Å². The van der Waals surface area contributed by atoms with E-state index in [0.29, 0.717) is 13.1 Å². The summed E-state index contributed by atoms with van der Waals surface area (Å²) in [6.07, 6.45) is 1.90. The van der Waals surface area contributed by atoms with E-state index in [9.17, 15) is 9.59 Å². The van der Waals surface area contributed by atoms with E-state index in [0.717, 1.165) is 19.4 Å². The molecule has 5 heteroatoms. The predicted octanol–water partition coefficient (Wildman–Crippen LogP) is -0.0294. The molecule has 0 aromatic rings. The molecular formula is C12H23N3O2. The molecule has 1 rings (SSSR count). The van der Waals surface area contributed by atoms with E-state index in [1.54, 1.807) is 7.05 Å². The molecule has 1 aliphatic rings. The molecule has 5 nitrogen and oxygen atoms in total. The average molecular weight is 241 g/mol. The first-order valence-electron chi connectivity index (χ1n) is 6.22. The second-order valence-corrected chi connectivity index (χ2v) is 4.96. The maximum Gasteiger partial charge on any atom is 0.239 e. The van der Waals surface area contributed by atoms with Gasteiger partial charge in [0, 0.05) is 20.1 Å². The van der Waals surface area contributed by atoms with E-state index < -0.39 is 0 Å². The first kappa shape index (κ1) is 14.0. The van der Waals surface area contributed by atoms with Crippen molar-refractivity contribution in [2.24, 2.45) is 5.41 Å². The highest BCUT2D eigenvalue weighted by Gasteiger charge is 2.36. The number of nitrogens with one attached hydrogen (secondary N) is 2. The third kappa shape index (κ3) is 3.70. The van der Waals surface area contributed by atoms with Crippen molar-refractivity contribution in [2.75, 3.05) is 33.2 Å². The summed E-state index contributed by atoms with van der Waals surface area (Å²) in [5.41, 5.74) is -0.362. The Labute approximate surface area is 103 Å². The van der Waals surface area contributed by atoms with E-state index >= 15 is 0 Å². The Morgan fingerprint density at radius 2 is 2.18 bits per heavy atom. The van der Waals surface area contributed by atoms with Gasteiger partial charge >= 0.3 is 0 Å². The van der Waals surface area contributed by atoms with Crippen LogP contribution in [0.25, 0.3) is 0 Å². The lowest BCUT2D eigenvalue weighted by atomic mass is 9.81. The highest BCUT2D eigenvalue weighted by molar-refractivity contribution is 5.87. The minimum Gasteiger partial charge on any atom is -0.355 e. The summed E-state index contributed by atoms with van der Waals surface area (Å²) in [6, 6.07) is 0. The van der Waals surface area contributed by atoms with E-state index in [-0.39, 0.29) is 23.8 Å². The summed E-state index contributed by atoms with van der Waals surface area (Å²) in [7, 11) is 1.69. The summed E-state index contributed by atoms with van der Waals surface area (Å²) in [5.74, 6) is -0.0494. The molecular weight excluding hydrogens is 218 g/mol. The standard InChI is InChI=1S/C12H23N3O2/c1-4-14-10(16)8-15(3)11(17)12(2)6-5-7-13-9-12/h13H,4-9H2,1-3H3,(H,14,16). The van der Waals surface area contributed by atoms with Crippen LogP contribution in [0.15, 0.2) is 0 Å². The largest absolute Gasteiger partial charge is 0.355 e. The third-order valence-corrected chi connectivity index (χ3v) is 3.22. The van der Waals surface area contributed by atoms with Crippen LogP contribution in [-0.4, -0.2) is 49.9 Å². The van der Waals surface area contributed by atoms with Crippen LogP contribution in [-0.2, 0) is 9.59 Å². The number of hydrogen-bond acceptors (Lipinski definition) is 3. The fraction of sp³-hybridized carbons (Fsp3) is 0.833. The third-order valence-electron chi connectivity index (χ3n) is 3.22. The topological polar surface area (TPSA) is 61.4 Å². The highest BCUT2D eigenvalue weighted by atomic mass is 16.2. The van der Waals surface area contributed by atoms with Gasteiger partial charge in [-0.15, -0.1) is 0 Å². The number of amides is 2. The summed E-state index contributed by atoms with van der Waals surface area (Å²) in [5, 5.41) is 5.94. The Morgan fingerprint density at radius 1 is 1.47 bits per heavy atom. The Kier molecular flexibility index (Phi) is 4.93. The zero-order valence-corrected chi connectivity index (χ0v) is 11.0. The van der Waals surface area contributed by atoms with Crippen LogP contribution >= 0.6 is 0 Å². The number of hydrogen-bond donors (Lipinski definition) is 2. The first-order valence-corrected chi connectivity index (χ1v) is 6.22. The minimum atomic E-state index is -0.362. The van der Waals surface area contributed by atoms with Gasteiger partial charge in [0.1, 0.15) is 0 Å². The van der Waals surface area contributed by atoms with Crippen LogP contribution in [0.5, 0.6) is 0 Å². The molecule has 0 saturated carbocycles. The van der Waals surface area contributed by atoms with Gasteiger partial charge in [0.05, 0.1) is 12.0 Å². The number of piperidine rings is 1. The predicted molar refractivity (Wildman–Crippen MR) is 66.5 cm³/mol. The number of carbonyl (C=O) groups excluding carboxylic acids is 2. The fourth-order valence-electron chi connectivity index (χ4n) is 2.24. The lowest BCUT2D eigenvalue weighted by molar-refractivity contribution is -0.143. The first-order chi connectivity index (χ1) is 7.99. The van der Waals surface area contributed by atoms with Crippen molar-refractivity contribution >= 4 is 11.8 Å². The molecule has 0 aliphatic carbocycles. The molecule has 1 unspecified atom stereocenters. The molecule has 1 aliphatic heterocycles.